The Hall–Kier alpha value is -1.47. The molecule has 2 N–H and O–H groups in total. The summed E-state index contributed by atoms with van der Waals surface area (Å²) in [7, 11) is 0. The molecule has 0 bridgehead atoms. The molecule has 112 valence electrons. The highest BCUT2D eigenvalue weighted by molar-refractivity contribution is 9.10. The number of pyridine rings is 1. The zero-order valence-corrected chi connectivity index (χ0v) is 14.3. The summed E-state index contributed by atoms with van der Waals surface area (Å²) in [5.41, 5.74) is 0.533. The molecule has 0 fully saturated rings. The summed E-state index contributed by atoms with van der Waals surface area (Å²) in [4.78, 5) is 22.0. The van der Waals surface area contributed by atoms with Crippen LogP contribution in [0.2, 0.25) is 0 Å². The fourth-order valence-electron chi connectivity index (χ4n) is 1.73. The summed E-state index contributed by atoms with van der Waals surface area (Å²) in [6.07, 6.45) is 4.46. The Bertz CT molecular complexity index is 629. The van der Waals surface area contributed by atoms with Gasteiger partial charge in [0.15, 0.2) is 0 Å². The molecule has 7 heteroatoms. The van der Waals surface area contributed by atoms with Gasteiger partial charge in [-0.15, -0.1) is 11.3 Å². The Morgan fingerprint density at radius 3 is 2.86 bits per heavy atom. The number of nitrogens with one attached hydrogen (secondary N) is 2. The molecule has 2 rings (SSSR count). The topological polar surface area (TPSA) is 66.9 Å². The van der Waals surface area contributed by atoms with Crippen molar-refractivity contribution in [2.24, 2.45) is 0 Å². The number of hydrogen-bond acceptors (Lipinski definition) is 5. The summed E-state index contributed by atoms with van der Waals surface area (Å²) >= 11 is 4.93. The van der Waals surface area contributed by atoms with Crippen LogP contribution >= 0.6 is 27.3 Å². The van der Waals surface area contributed by atoms with Gasteiger partial charge >= 0.3 is 0 Å². The van der Waals surface area contributed by atoms with Gasteiger partial charge in [0.1, 0.15) is 10.8 Å². The van der Waals surface area contributed by atoms with E-state index in [1.807, 2.05) is 6.92 Å². The maximum absolute atomic E-state index is 12.3. The number of amides is 1. The molecule has 0 aliphatic carbocycles. The SMILES string of the molecule is CCCNc1ncc(Br)cc1C(=O)NCc1ncc(C)s1. The lowest BCUT2D eigenvalue weighted by Crippen LogP contribution is -2.24. The minimum absolute atomic E-state index is 0.157. The van der Waals surface area contributed by atoms with Crippen molar-refractivity contribution in [1.82, 2.24) is 15.3 Å². The van der Waals surface area contributed by atoms with Crippen molar-refractivity contribution >= 4 is 39.0 Å². The first-order valence-corrected chi connectivity index (χ1v) is 8.30. The molecule has 21 heavy (non-hydrogen) atoms. The van der Waals surface area contributed by atoms with Crippen molar-refractivity contribution in [2.45, 2.75) is 26.8 Å². The molecule has 1 amide bonds. The quantitative estimate of drug-likeness (QED) is 0.820. The number of carbonyl (C=O) groups excluding carboxylic acids is 1. The summed E-state index contributed by atoms with van der Waals surface area (Å²) < 4.78 is 0.778. The van der Waals surface area contributed by atoms with E-state index in [1.54, 1.807) is 29.8 Å². The van der Waals surface area contributed by atoms with Crippen LogP contribution in [0.1, 0.15) is 33.6 Å². The zero-order chi connectivity index (χ0) is 15.2. The predicted molar refractivity (Wildman–Crippen MR) is 88.7 cm³/mol. The van der Waals surface area contributed by atoms with E-state index in [9.17, 15) is 4.79 Å². The van der Waals surface area contributed by atoms with Crippen LogP contribution in [0.4, 0.5) is 5.82 Å². The Kier molecular flexibility index (Phi) is 5.69. The molecule has 2 aromatic heterocycles. The molecule has 0 aliphatic heterocycles. The second-order valence-electron chi connectivity index (χ2n) is 4.52. The number of aromatic nitrogens is 2. The third-order valence-corrected chi connectivity index (χ3v) is 4.06. The summed E-state index contributed by atoms with van der Waals surface area (Å²) in [6, 6.07) is 1.77. The van der Waals surface area contributed by atoms with Gasteiger partial charge < -0.3 is 10.6 Å². The number of carbonyl (C=O) groups is 1. The second kappa shape index (κ2) is 7.51. The van der Waals surface area contributed by atoms with Crippen LogP contribution in [0.15, 0.2) is 22.9 Å². The minimum Gasteiger partial charge on any atom is -0.369 e. The summed E-state index contributed by atoms with van der Waals surface area (Å²) in [6.45, 7) is 5.27. The fraction of sp³-hybridized carbons (Fsp3) is 0.357. The smallest absolute Gasteiger partial charge is 0.255 e. The summed E-state index contributed by atoms with van der Waals surface area (Å²) in [5, 5.41) is 6.94. The van der Waals surface area contributed by atoms with Gasteiger partial charge in [0.25, 0.3) is 5.91 Å². The lowest BCUT2D eigenvalue weighted by atomic mass is 10.2. The van der Waals surface area contributed by atoms with Crippen molar-refractivity contribution in [3.63, 3.8) is 0 Å². The van der Waals surface area contributed by atoms with Crippen LogP contribution in [-0.4, -0.2) is 22.4 Å². The van der Waals surface area contributed by atoms with Crippen LogP contribution in [-0.2, 0) is 6.54 Å². The van der Waals surface area contributed by atoms with E-state index in [4.69, 9.17) is 0 Å². The zero-order valence-electron chi connectivity index (χ0n) is 11.9. The Morgan fingerprint density at radius 2 is 2.19 bits per heavy atom. The van der Waals surface area contributed by atoms with Crippen LogP contribution in [0.25, 0.3) is 0 Å². The molecule has 0 saturated carbocycles. The molecule has 0 atom stereocenters. The van der Waals surface area contributed by atoms with Gasteiger partial charge in [0.05, 0.1) is 12.1 Å². The monoisotopic (exact) mass is 368 g/mol. The molecular formula is C14H17BrN4OS. The number of anilines is 1. The van der Waals surface area contributed by atoms with E-state index in [0.717, 1.165) is 27.3 Å². The van der Waals surface area contributed by atoms with Crippen LogP contribution < -0.4 is 10.6 Å². The Balaban J connectivity index is 2.08. The second-order valence-corrected chi connectivity index (χ2v) is 6.76. The fourth-order valence-corrected chi connectivity index (χ4v) is 2.79. The van der Waals surface area contributed by atoms with Gasteiger partial charge in [-0.05, 0) is 35.3 Å². The van der Waals surface area contributed by atoms with Gasteiger partial charge in [0.2, 0.25) is 0 Å². The van der Waals surface area contributed by atoms with Gasteiger partial charge in [-0.1, -0.05) is 6.92 Å². The number of thiazole rings is 1. The normalized spacial score (nSPS) is 10.4. The van der Waals surface area contributed by atoms with Crippen LogP contribution in [0.5, 0.6) is 0 Å². The van der Waals surface area contributed by atoms with Crippen LogP contribution in [0, 0.1) is 6.92 Å². The molecule has 2 heterocycles. The standard InChI is InChI=1S/C14H17BrN4OS/c1-3-4-16-13-11(5-10(15)7-18-13)14(20)19-8-12-17-6-9(2)21-12/h5-7H,3-4,8H2,1-2H3,(H,16,18)(H,19,20). The van der Waals surface area contributed by atoms with Crippen LogP contribution in [0.3, 0.4) is 0 Å². The van der Waals surface area contributed by atoms with Gasteiger partial charge in [-0.3, -0.25) is 4.79 Å². The van der Waals surface area contributed by atoms with Crippen molar-refractivity contribution in [3.8, 4) is 0 Å². The van der Waals surface area contributed by atoms with Crippen molar-refractivity contribution in [3.05, 3.63) is 38.4 Å². The molecule has 0 unspecified atom stereocenters. The van der Waals surface area contributed by atoms with E-state index in [0.29, 0.717) is 17.9 Å². The third kappa shape index (κ3) is 4.50. The van der Waals surface area contributed by atoms with E-state index < -0.39 is 0 Å². The molecule has 0 saturated heterocycles. The molecule has 0 aromatic carbocycles. The average molecular weight is 369 g/mol. The third-order valence-electron chi connectivity index (χ3n) is 2.71. The van der Waals surface area contributed by atoms with E-state index in [1.165, 1.54) is 0 Å². The van der Waals surface area contributed by atoms with E-state index >= 15 is 0 Å². The maximum atomic E-state index is 12.3. The lowest BCUT2D eigenvalue weighted by Gasteiger charge is -2.10. The number of halogens is 1. The van der Waals surface area contributed by atoms with E-state index in [-0.39, 0.29) is 5.91 Å². The number of nitrogens with zero attached hydrogens (tertiary/aromatic N) is 2. The molecule has 0 radical (unpaired) electrons. The molecule has 0 spiro atoms. The molecule has 5 nitrogen and oxygen atoms in total. The Morgan fingerprint density at radius 1 is 1.38 bits per heavy atom. The molecular weight excluding hydrogens is 352 g/mol. The van der Waals surface area contributed by atoms with E-state index in [2.05, 4.69) is 43.5 Å². The summed E-state index contributed by atoms with van der Waals surface area (Å²) in [5.74, 6) is 0.447. The van der Waals surface area contributed by atoms with Gasteiger partial charge in [0, 0.05) is 28.3 Å². The number of aryl methyl sites for hydroxylation is 1. The highest BCUT2D eigenvalue weighted by Gasteiger charge is 2.13. The number of rotatable bonds is 6. The predicted octanol–water partition coefficient (Wildman–Crippen LogP) is 3.36. The van der Waals surface area contributed by atoms with Crippen molar-refractivity contribution in [2.75, 3.05) is 11.9 Å². The van der Waals surface area contributed by atoms with Crippen molar-refractivity contribution in [1.29, 1.82) is 0 Å². The minimum atomic E-state index is -0.157. The largest absolute Gasteiger partial charge is 0.369 e. The first-order valence-electron chi connectivity index (χ1n) is 6.69. The lowest BCUT2D eigenvalue weighted by molar-refractivity contribution is 0.0951. The average Bonchev–Trinajstić information content (AvgIpc) is 2.89. The van der Waals surface area contributed by atoms with Gasteiger partial charge in [-0.25, -0.2) is 9.97 Å². The van der Waals surface area contributed by atoms with Gasteiger partial charge in [-0.2, -0.15) is 0 Å². The molecule has 0 aliphatic rings. The first kappa shape index (κ1) is 15.9. The highest BCUT2D eigenvalue weighted by Crippen LogP contribution is 2.18. The van der Waals surface area contributed by atoms with Crippen molar-refractivity contribution < 1.29 is 4.79 Å². The maximum Gasteiger partial charge on any atom is 0.255 e. The highest BCUT2D eigenvalue weighted by atomic mass is 79.9. The first-order chi connectivity index (χ1) is 10.1. The number of hydrogen-bond donors (Lipinski definition) is 2. The Labute approximate surface area is 136 Å². The molecule has 2 aromatic rings.